The zero-order valence-electron chi connectivity index (χ0n) is 15.0. The third-order valence-corrected chi connectivity index (χ3v) is 5.22. The minimum atomic E-state index is -0.0514. The van der Waals surface area contributed by atoms with E-state index in [0.717, 1.165) is 37.9 Å². The number of piperidine rings is 1. The molecule has 0 radical (unpaired) electrons. The maximum Gasteiger partial charge on any atom is 0.248 e. The van der Waals surface area contributed by atoms with Gasteiger partial charge >= 0.3 is 0 Å². The van der Waals surface area contributed by atoms with Crippen molar-refractivity contribution < 1.29 is 4.79 Å². The number of carbonyl (C=O) groups excluding carboxylic acids is 1. The molecule has 1 saturated heterocycles. The Balaban J connectivity index is 1.52. The van der Waals surface area contributed by atoms with Crippen molar-refractivity contribution in [3.05, 3.63) is 69.1 Å². The molecule has 1 aromatic heterocycles. The van der Waals surface area contributed by atoms with Gasteiger partial charge in [-0.2, -0.15) is 0 Å². The van der Waals surface area contributed by atoms with Crippen molar-refractivity contribution in [2.24, 2.45) is 0 Å². The van der Waals surface area contributed by atoms with E-state index < -0.39 is 0 Å². The maximum atomic E-state index is 12.5. The quantitative estimate of drug-likeness (QED) is 0.930. The van der Waals surface area contributed by atoms with Crippen LogP contribution < -0.4 is 5.56 Å². The average Bonchev–Trinajstić information content (AvgIpc) is 2.61. The monoisotopic (exact) mass is 338 g/mol. The Hall–Kier alpha value is -2.36. The summed E-state index contributed by atoms with van der Waals surface area (Å²) in [6, 6.07) is 10.1. The summed E-state index contributed by atoms with van der Waals surface area (Å²) in [5.74, 6) is 0.620. The van der Waals surface area contributed by atoms with Crippen LogP contribution in [0.15, 0.2) is 41.3 Å². The van der Waals surface area contributed by atoms with Crippen LogP contribution in [0.5, 0.6) is 0 Å². The highest BCUT2D eigenvalue weighted by Gasteiger charge is 2.23. The lowest BCUT2D eigenvalue weighted by molar-refractivity contribution is -0.132. The van der Waals surface area contributed by atoms with E-state index in [0.29, 0.717) is 12.3 Å². The van der Waals surface area contributed by atoms with Crippen molar-refractivity contribution in [3.8, 4) is 0 Å². The van der Waals surface area contributed by atoms with Gasteiger partial charge in [-0.05, 0) is 61.8 Å². The number of H-pyrrole nitrogens is 1. The molecule has 1 N–H and O–H groups in total. The predicted molar refractivity (Wildman–Crippen MR) is 99.9 cm³/mol. The first-order chi connectivity index (χ1) is 12.0. The molecule has 1 aliphatic heterocycles. The van der Waals surface area contributed by atoms with Crippen molar-refractivity contribution >= 4 is 5.91 Å². The number of pyridine rings is 1. The molecular formula is C21H26N2O2. The SMILES string of the molecule is Cc1ccc(CCC(=O)N2CCC(c3cc[nH]c(=O)c3)CC2)c(C)c1. The molecule has 4 nitrogen and oxygen atoms in total. The highest BCUT2D eigenvalue weighted by atomic mass is 16.2. The standard InChI is InChI=1S/C21H26N2O2/c1-15-3-4-17(16(2)13-15)5-6-21(25)23-11-8-18(9-12-23)19-7-10-22-20(24)14-19/h3-4,7,10,13-14,18H,5-6,8-9,11-12H2,1-2H3,(H,22,24). The lowest BCUT2D eigenvalue weighted by Crippen LogP contribution is -2.38. The van der Waals surface area contributed by atoms with Gasteiger partial charge in [0.25, 0.3) is 0 Å². The first kappa shape index (κ1) is 17.5. The smallest absolute Gasteiger partial charge is 0.248 e. The van der Waals surface area contributed by atoms with Crippen LogP contribution >= 0.6 is 0 Å². The van der Waals surface area contributed by atoms with Crippen molar-refractivity contribution in [3.63, 3.8) is 0 Å². The van der Waals surface area contributed by atoms with Crippen LogP contribution in [-0.2, 0) is 11.2 Å². The molecule has 3 rings (SSSR count). The molecule has 2 heterocycles. The molecule has 0 saturated carbocycles. The van der Waals surface area contributed by atoms with Gasteiger partial charge in [-0.3, -0.25) is 9.59 Å². The summed E-state index contributed by atoms with van der Waals surface area (Å²) in [5, 5.41) is 0. The molecule has 1 fully saturated rings. The molecule has 0 aliphatic carbocycles. The molecule has 0 unspecified atom stereocenters. The summed E-state index contributed by atoms with van der Waals surface area (Å²) in [4.78, 5) is 28.6. The molecule has 2 aromatic rings. The molecule has 0 spiro atoms. The topological polar surface area (TPSA) is 53.2 Å². The van der Waals surface area contributed by atoms with Crippen molar-refractivity contribution in [1.82, 2.24) is 9.88 Å². The van der Waals surface area contributed by atoms with E-state index in [1.54, 1.807) is 12.3 Å². The number of nitrogens with one attached hydrogen (secondary N) is 1. The van der Waals surface area contributed by atoms with Crippen LogP contribution in [0.1, 0.15) is 47.4 Å². The summed E-state index contributed by atoms with van der Waals surface area (Å²) in [7, 11) is 0. The van der Waals surface area contributed by atoms with E-state index in [1.165, 1.54) is 16.7 Å². The Morgan fingerprint density at radius 3 is 2.60 bits per heavy atom. The summed E-state index contributed by atoms with van der Waals surface area (Å²) in [6.07, 6.45) is 4.94. The van der Waals surface area contributed by atoms with Gasteiger partial charge in [0.15, 0.2) is 0 Å². The largest absolute Gasteiger partial charge is 0.343 e. The first-order valence-electron chi connectivity index (χ1n) is 9.05. The third-order valence-electron chi connectivity index (χ3n) is 5.22. The molecule has 132 valence electrons. The van der Waals surface area contributed by atoms with Crippen molar-refractivity contribution in [2.75, 3.05) is 13.1 Å². The summed E-state index contributed by atoms with van der Waals surface area (Å²) >= 11 is 0. The van der Waals surface area contributed by atoms with Gasteiger partial charge in [0.05, 0.1) is 0 Å². The number of hydrogen-bond donors (Lipinski definition) is 1. The number of rotatable bonds is 4. The maximum absolute atomic E-state index is 12.5. The van der Waals surface area contributed by atoms with Gasteiger partial charge in [0, 0.05) is 31.8 Å². The van der Waals surface area contributed by atoms with E-state index in [-0.39, 0.29) is 11.5 Å². The molecule has 4 heteroatoms. The average molecular weight is 338 g/mol. The van der Waals surface area contributed by atoms with Crippen molar-refractivity contribution in [1.29, 1.82) is 0 Å². The van der Waals surface area contributed by atoms with Gasteiger partial charge in [-0.25, -0.2) is 0 Å². The fraction of sp³-hybridized carbons (Fsp3) is 0.429. The van der Waals surface area contributed by atoms with E-state index in [2.05, 4.69) is 37.0 Å². The van der Waals surface area contributed by atoms with Gasteiger partial charge in [0.2, 0.25) is 11.5 Å². The number of likely N-dealkylation sites (tertiary alicyclic amines) is 1. The van der Waals surface area contributed by atoms with Gasteiger partial charge in [0.1, 0.15) is 0 Å². The van der Waals surface area contributed by atoms with E-state index in [9.17, 15) is 9.59 Å². The number of aryl methyl sites for hydroxylation is 3. The Kier molecular flexibility index (Phi) is 5.37. The number of nitrogens with zero attached hydrogens (tertiary/aromatic N) is 1. The van der Waals surface area contributed by atoms with Crippen LogP contribution in [0.4, 0.5) is 0 Å². The van der Waals surface area contributed by atoms with E-state index >= 15 is 0 Å². The predicted octanol–water partition coefficient (Wildman–Crippen LogP) is 3.33. The molecule has 0 bridgehead atoms. The number of aromatic nitrogens is 1. The molecule has 0 atom stereocenters. The molecule has 1 amide bonds. The molecule has 25 heavy (non-hydrogen) atoms. The minimum Gasteiger partial charge on any atom is -0.343 e. The van der Waals surface area contributed by atoms with Gasteiger partial charge in [-0.15, -0.1) is 0 Å². The zero-order chi connectivity index (χ0) is 17.8. The summed E-state index contributed by atoms with van der Waals surface area (Å²) in [5.41, 5.74) is 4.82. The summed E-state index contributed by atoms with van der Waals surface area (Å²) < 4.78 is 0. The fourth-order valence-electron chi connectivity index (χ4n) is 3.70. The van der Waals surface area contributed by atoms with Crippen molar-refractivity contribution in [2.45, 2.75) is 45.4 Å². The molecule has 1 aromatic carbocycles. The highest BCUT2D eigenvalue weighted by Crippen LogP contribution is 2.27. The van der Waals surface area contributed by atoms with Crippen LogP contribution in [-0.4, -0.2) is 28.9 Å². The normalized spacial score (nSPS) is 15.4. The summed E-state index contributed by atoms with van der Waals surface area (Å²) in [6.45, 7) is 5.76. The second kappa shape index (κ2) is 7.68. The number of amides is 1. The number of carbonyl (C=O) groups is 1. The Morgan fingerprint density at radius 1 is 1.16 bits per heavy atom. The first-order valence-corrected chi connectivity index (χ1v) is 9.05. The minimum absolute atomic E-state index is 0.0514. The second-order valence-electron chi connectivity index (χ2n) is 7.07. The van der Waals surface area contributed by atoms with Crippen LogP contribution in [0.3, 0.4) is 0 Å². The Bertz CT molecular complexity index is 802. The van der Waals surface area contributed by atoms with Crippen LogP contribution in [0.2, 0.25) is 0 Å². The van der Waals surface area contributed by atoms with Crippen LogP contribution in [0.25, 0.3) is 0 Å². The lowest BCUT2D eigenvalue weighted by atomic mass is 9.90. The van der Waals surface area contributed by atoms with Gasteiger partial charge in [-0.1, -0.05) is 23.8 Å². The number of aromatic amines is 1. The Labute approximate surface area is 148 Å². The van der Waals surface area contributed by atoms with E-state index in [4.69, 9.17) is 0 Å². The molecular weight excluding hydrogens is 312 g/mol. The van der Waals surface area contributed by atoms with Crippen LogP contribution in [0, 0.1) is 13.8 Å². The van der Waals surface area contributed by atoms with E-state index in [1.807, 2.05) is 11.0 Å². The fourth-order valence-corrected chi connectivity index (χ4v) is 3.70. The number of benzene rings is 1. The molecule has 1 aliphatic rings. The highest BCUT2D eigenvalue weighted by molar-refractivity contribution is 5.76. The zero-order valence-corrected chi connectivity index (χ0v) is 15.0. The lowest BCUT2D eigenvalue weighted by Gasteiger charge is -2.32. The third kappa shape index (κ3) is 4.38. The van der Waals surface area contributed by atoms with Gasteiger partial charge < -0.3 is 9.88 Å². The Morgan fingerprint density at radius 2 is 1.92 bits per heavy atom. The number of hydrogen-bond acceptors (Lipinski definition) is 2. The second-order valence-corrected chi connectivity index (χ2v) is 7.07.